The van der Waals surface area contributed by atoms with Crippen LogP contribution in [0.3, 0.4) is 0 Å². The second kappa shape index (κ2) is 6.90. The molecular weight excluding hydrogens is 292 g/mol. The minimum absolute atomic E-state index is 0.0727. The zero-order chi connectivity index (χ0) is 16.4. The number of esters is 1. The van der Waals surface area contributed by atoms with Crippen molar-refractivity contribution < 1.29 is 18.7 Å². The van der Waals surface area contributed by atoms with Gasteiger partial charge in [0.2, 0.25) is 0 Å². The molecular formula is C19H26O4. The van der Waals surface area contributed by atoms with E-state index in [9.17, 15) is 9.59 Å². The quantitative estimate of drug-likeness (QED) is 0.724. The molecule has 1 aliphatic heterocycles. The molecule has 5 atom stereocenters. The van der Waals surface area contributed by atoms with Crippen molar-refractivity contribution in [3.05, 3.63) is 24.2 Å². The number of ether oxygens (including phenoxy) is 1. The molecule has 3 fully saturated rings. The Morgan fingerprint density at radius 2 is 1.96 bits per heavy atom. The molecule has 0 bridgehead atoms. The molecule has 4 nitrogen and oxygen atoms in total. The molecule has 23 heavy (non-hydrogen) atoms. The second-order valence-corrected chi connectivity index (χ2v) is 6.71. The third-order valence-corrected chi connectivity index (χ3v) is 5.67. The first-order chi connectivity index (χ1) is 11.2. The van der Waals surface area contributed by atoms with E-state index in [1.807, 2.05) is 19.9 Å². The first-order valence-electron chi connectivity index (χ1n) is 8.99. The van der Waals surface area contributed by atoms with Gasteiger partial charge in [0, 0.05) is 17.9 Å². The molecule has 0 aromatic carbocycles. The highest BCUT2D eigenvalue weighted by Crippen LogP contribution is 2.51. The summed E-state index contributed by atoms with van der Waals surface area (Å²) in [7, 11) is 0. The molecule has 126 valence electrons. The number of hydrogen-bond acceptors (Lipinski definition) is 4. The first kappa shape index (κ1) is 16.3. The maximum absolute atomic E-state index is 12.4. The van der Waals surface area contributed by atoms with E-state index in [2.05, 4.69) is 0 Å². The molecule has 1 aromatic heterocycles. The topological polar surface area (TPSA) is 56.5 Å². The van der Waals surface area contributed by atoms with Gasteiger partial charge in [-0.15, -0.1) is 0 Å². The number of cyclic esters (lactones) is 1. The standard InChI is InChI=1S/C17H20O4.C2H6/c18-14-3-1-2-10-4-5-12-13(16(10)14)8-15(21-17(12)19)11-6-7-20-9-11;1-2/h6-7,9-10,12-13,15-16H,1-5,8H2;1-2H3/t10?,12-,13?,15+,16+;/m1./s1. The molecule has 2 saturated carbocycles. The Balaban J connectivity index is 0.000000753. The summed E-state index contributed by atoms with van der Waals surface area (Å²) in [6.07, 6.45) is 8.51. The number of ketones is 1. The fraction of sp³-hybridized carbons (Fsp3) is 0.684. The van der Waals surface area contributed by atoms with E-state index in [0.717, 1.165) is 37.7 Å². The number of furan rings is 1. The van der Waals surface area contributed by atoms with Crippen LogP contribution in [-0.2, 0) is 14.3 Å². The van der Waals surface area contributed by atoms with Crippen molar-refractivity contribution in [1.82, 2.24) is 0 Å². The van der Waals surface area contributed by atoms with Crippen LogP contribution in [0.15, 0.2) is 23.0 Å². The monoisotopic (exact) mass is 318 g/mol. The van der Waals surface area contributed by atoms with Crippen LogP contribution in [0, 0.1) is 23.7 Å². The van der Waals surface area contributed by atoms with E-state index in [4.69, 9.17) is 9.15 Å². The Kier molecular flexibility index (Phi) is 4.88. The third-order valence-electron chi connectivity index (χ3n) is 5.67. The van der Waals surface area contributed by atoms with Gasteiger partial charge in [-0.1, -0.05) is 13.8 Å². The Morgan fingerprint density at radius 3 is 2.70 bits per heavy atom. The van der Waals surface area contributed by atoms with Gasteiger partial charge in [-0.2, -0.15) is 0 Å². The number of hydrogen-bond donors (Lipinski definition) is 0. The number of rotatable bonds is 1. The van der Waals surface area contributed by atoms with Crippen LogP contribution in [0.5, 0.6) is 0 Å². The fourth-order valence-electron chi connectivity index (χ4n) is 4.71. The Hall–Kier alpha value is -1.58. The van der Waals surface area contributed by atoms with Crippen molar-refractivity contribution in [1.29, 1.82) is 0 Å². The minimum atomic E-state index is -0.244. The van der Waals surface area contributed by atoms with Gasteiger partial charge in [0.05, 0.1) is 18.4 Å². The summed E-state index contributed by atoms with van der Waals surface area (Å²) in [5, 5.41) is 0. The van der Waals surface area contributed by atoms with Gasteiger partial charge in [0.25, 0.3) is 0 Å². The van der Waals surface area contributed by atoms with Gasteiger partial charge in [0.15, 0.2) is 0 Å². The Labute approximate surface area is 137 Å². The van der Waals surface area contributed by atoms with Crippen LogP contribution < -0.4 is 0 Å². The summed E-state index contributed by atoms with van der Waals surface area (Å²) in [5.74, 6) is 0.924. The van der Waals surface area contributed by atoms with Gasteiger partial charge < -0.3 is 9.15 Å². The maximum Gasteiger partial charge on any atom is 0.309 e. The lowest BCUT2D eigenvalue weighted by atomic mass is 9.59. The van der Waals surface area contributed by atoms with Gasteiger partial charge in [-0.25, -0.2) is 0 Å². The number of carbonyl (C=O) groups is 2. The summed E-state index contributed by atoms with van der Waals surface area (Å²) < 4.78 is 10.7. The van der Waals surface area contributed by atoms with E-state index in [1.54, 1.807) is 12.5 Å². The molecule has 2 unspecified atom stereocenters. The van der Waals surface area contributed by atoms with Crippen LogP contribution in [0.1, 0.15) is 64.0 Å². The summed E-state index contributed by atoms with van der Waals surface area (Å²) >= 11 is 0. The molecule has 0 spiro atoms. The highest BCUT2D eigenvalue weighted by atomic mass is 16.5. The lowest BCUT2D eigenvalue weighted by molar-refractivity contribution is -0.174. The number of carbonyl (C=O) groups excluding carboxylic acids is 2. The molecule has 3 aliphatic rings. The van der Waals surface area contributed by atoms with E-state index in [1.165, 1.54) is 0 Å². The minimum Gasteiger partial charge on any atom is -0.472 e. The number of fused-ring (bicyclic) bond motifs is 3. The zero-order valence-corrected chi connectivity index (χ0v) is 14.0. The molecule has 4 heteroatoms. The molecule has 1 aromatic rings. The molecule has 2 aliphatic carbocycles. The van der Waals surface area contributed by atoms with Gasteiger partial charge in [0.1, 0.15) is 11.9 Å². The lowest BCUT2D eigenvalue weighted by Gasteiger charge is -2.47. The van der Waals surface area contributed by atoms with E-state index >= 15 is 0 Å². The van der Waals surface area contributed by atoms with Crippen molar-refractivity contribution in [3.63, 3.8) is 0 Å². The Morgan fingerprint density at radius 1 is 1.13 bits per heavy atom. The zero-order valence-electron chi connectivity index (χ0n) is 14.0. The summed E-state index contributed by atoms with van der Waals surface area (Å²) in [4.78, 5) is 24.8. The first-order valence-corrected chi connectivity index (χ1v) is 8.99. The highest BCUT2D eigenvalue weighted by Gasteiger charge is 2.51. The largest absolute Gasteiger partial charge is 0.472 e. The van der Waals surface area contributed by atoms with Crippen molar-refractivity contribution in [3.8, 4) is 0 Å². The number of Topliss-reactive ketones (excluding diaryl/α,β-unsaturated/α-hetero) is 1. The van der Waals surface area contributed by atoms with E-state index in [-0.39, 0.29) is 29.8 Å². The van der Waals surface area contributed by atoms with E-state index < -0.39 is 0 Å². The van der Waals surface area contributed by atoms with Crippen LogP contribution in [0.2, 0.25) is 0 Å². The second-order valence-electron chi connectivity index (χ2n) is 6.71. The fourth-order valence-corrected chi connectivity index (χ4v) is 4.71. The lowest BCUT2D eigenvalue weighted by Crippen LogP contribution is -2.48. The molecule has 0 N–H and O–H groups in total. The summed E-state index contributed by atoms with van der Waals surface area (Å²) in [5.41, 5.74) is 0.909. The molecule has 0 amide bonds. The van der Waals surface area contributed by atoms with Gasteiger partial charge in [-0.05, 0) is 50.0 Å². The van der Waals surface area contributed by atoms with Crippen molar-refractivity contribution in [2.24, 2.45) is 23.7 Å². The molecule has 0 radical (unpaired) electrons. The normalized spacial score (nSPS) is 36.2. The highest BCUT2D eigenvalue weighted by molar-refractivity contribution is 5.84. The SMILES string of the molecule is CC.O=C1CCCC2CC[C@H]3C(=O)O[C@H](c4ccoc4)CC3[C@@H]12. The van der Waals surface area contributed by atoms with Crippen LogP contribution in [-0.4, -0.2) is 11.8 Å². The molecule has 1 saturated heterocycles. The summed E-state index contributed by atoms with van der Waals surface area (Å²) in [6, 6.07) is 1.85. The predicted octanol–water partition coefficient (Wildman–Crippen LogP) is 4.31. The van der Waals surface area contributed by atoms with Gasteiger partial charge in [-0.3, -0.25) is 9.59 Å². The average Bonchev–Trinajstić information content (AvgIpc) is 3.11. The van der Waals surface area contributed by atoms with Crippen LogP contribution in [0.25, 0.3) is 0 Å². The predicted molar refractivity (Wildman–Crippen MR) is 85.6 cm³/mol. The van der Waals surface area contributed by atoms with Crippen LogP contribution in [0.4, 0.5) is 0 Å². The molecule has 4 rings (SSSR count). The van der Waals surface area contributed by atoms with Crippen LogP contribution >= 0.6 is 0 Å². The van der Waals surface area contributed by atoms with Crippen molar-refractivity contribution in [2.75, 3.05) is 0 Å². The third kappa shape index (κ3) is 2.96. The maximum atomic E-state index is 12.4. The van der Waals surface area contributed by atoms with Crippen molar-refractivity contribution in [2.45, 2.75) is 58.5 Å². The average molecular weight is 318 g/mol. The Bertz CT molecular complexity index is 548. The summed E-state index contributed by atoms with van der Waals surface area (Å²) in [6.45, 7) is 4.00. The van der Waals surface area contributed by atoms with Crippen molar-refractivity contribution >= 4 is 11.8 Å². The molecule has 2 heterocycles. The van der Waals surface area contributed by atoms with E-state index in [0.29, 0.717) is 18.1 Å². The smallest absolute Gasteiger partial charge is 0.309 e. The van der Waals surface area contributed by atoms with Gasteiger partial charge >= 0.3 is 5.97 Å².